The number of benzene rings is 1. The average Bonchev–Trinajstić information content (AvgIpc) is 2.70. The third kappa shape index (κ3) is 4.40. The summed E-state index contributed by atoms with van der Waals surface area (Å²) in [6.45, 7) is -0.135. The molecule has 2 aromatic rings. The molecule has 2 amide bonds. The van der Waals surface area contributed by atoms with Crippen molar-refractivity contribution in [1.29, 1.82) is 0 Å². The van der Waals surface area contributed by atoms with Gasteiger partial charge >= 0.3 is 5.97 Å². The molecular weight excluding hydrogens is 362 g/mol. The second-order valence-corrected chi connectivity index (χ2v) is 6.45. The van der Waals surface area contributed by atoms with Crippen LogP contribution in [0.25, 0.3) is 11.1 Å². The smallest absolute Gasteiger partial charge is 0.322 e. The van der Waals surface area contributed by atoms with E-state index in [0.717, 1.165) is 16.7 Å². The van der Waals surface area contributed by atoms with Crippen LogP contribution in [0.15, 0.2) is 48.8 Å². The van der Waals surface area contributed by atoms with Crippen LogP contribution in [0.4, 0.5) is 0 Å². The van der Waals surface area contributed by atoms with E-state index in [1.807, 2.05) is 36.4 Å². The third-order valence-electron chi connectivity index (χ3n) is 4.53. The number of ketones is 1. The van der Waals surface area contributed by atoms with Crippen molar-refractivity contribution in [3.63, 3.8) is 0 Å². The Morgan fingerprint density at radius 3 is 2.36 bits per heavy atom. The summed E-state index contributed by atoms with van der Waals surface area (Å²) in [7, 11) is 0. The average molecular weight is 381 g/mol. The zero-order chi connectivity index (χ0) is 20.1. The van der Waals surface area contributed by atoms with Crippen molar-refractivity contribution in [2.75, 3.05) is 13.1 Å². The highest BCUT2D eigenvalue weighted by molar-refractivity contribution is 6.19. The Morgan fingerprint density at radius 2 is 1.71 bits per heavy atom. The molecule has 0 radical (unpaired) electrons. The standard InChI is InChI=1S/C20H19N3O5/c24-16-7-10-23(20(28)18(16)19(27)22-11-17(25)26)12-13-1-3-14(4-2-13)15-5-8-21-9-6-15/h1-6,8-9,18H,7,10-12H2,(H,22,27)(H,25,26). The molecule has 0 saturated carbocycles. The van der Waals surface area contributed by atoms with Crippen molar-refractivity contribution in [3.8, 4) is 11.1 Å². The second kappa shape index (κ2) is 8.43. The van der Waals surface area contributed by atoms with Gasteiger partial charge in [0.15, 0.2) is 11.7 Å². The molecule has 2 N–H and O–H groups in total. The second-order valence-electron chi connectivity index (χ2n) is 6.45. The molecule has 144 valence electrons. The molecule has 0 bridgehead atoms. The Balaban J connectivity index is 1.68. The lowest BCUT2D eigenvalue weighted by molar-refractivity contribution is -0.152. The van der Waals surface area contributed by atoms with Crippen molar-refractivity contribution < 1.29 is 24.3 Å². The Bertz CT molecular complexity index is 896. The van der Waals surface area contributed by atoms with Gasteiger partial charge in [-0.2, -0.15) is 0 Å². The Labute approximate surface area is 161 Å². The maximum atomic E-state index is 12.6. The minimum Gasteiger partial charge on any atom is -0.480 e. The molecule has 1 fully saturated rings. The Kier molecular flexibility index (Phi) is 5.78. The van der Waals surface area contributed by atoms with Gasteiger partial charge in [0, 0.05) is 31.9 Å². The van der Waals surface area contributed by atoms with Crippen molar-refractivity contribution >= 4 is 23.6 Å². The number of Topliss-reactive ketones (excluding diaryl/α,β-unsaturated/α-hetero) is 1. The largest absolute Gasteiger partial charge is 0.480 e. The van der Waals surface area contributed by atoms with Crippen LogP contribution in [-0.2, 0) is 25.7 Å². The molecule has 1 unspecified atom stereocenters. The minimum atomic E-state index is -1.48. The zero-order valence-electron chi connectivity index (χ0n) is 15.0. The fourth-order valence-electron chi connectivity index (χ4n) is 3.07. The number of hydrogen-bond acceptors (Lipinski definition) is 5. The molecule has 8 nitrogen and oxygen atoms in total. The molecule has 3 rings (SSSR count). The predicted octanol–water partition coefficient (Wildman–Crippen LogP) is 0.867. The highest BCUT2D eigenvalue weighted by Gasteiger charge is 2.40. The topological polar surface area (TPSA) is 117 Å². The third-order valence-corrected chi connectivity index (χ3v) is 4.53. The highest BCUT2D eigenvalue weighted by Crippen LogP contribution is 2.21. The van der Waals surface area contributed by atoms with Crippen LogP contribution in [-0.4, -0.2) is 51.6 Å². The highest BCUT2D eigenvalue weighted by atomic mass is 16.4. The molecule has 0 spiro atoms. The summed E-state index contributed by atoms with van der Waals surface area (Å²) in [6, 6.07) is 11.4. The van der Waals surface area contributed by atoms with E-state index < -0.39 is 36.0 Å². The first-order chi connectivity index (χ1) is 13.5. The number of carbonyl (C=O) groups excluding carboxylic acids is 3. The van der Waals surface area contributed by atoms with Gasteiger partial charge < -0.3 is 15.3 Å². The maximum absolute atomic E-state index is 12.6. The van der Waals surface area contributed by atoms with Crippen LogP contribution >= 0.6 is 0 Å². The van der Waals surface area contributed by atoms with E-state index in [9.17, 15) is 19.2 Å². The molecule has 8 heteroatoms. The molecule has 2 heterocycles. The quantitative estimate of drug-likeness (QED) is 0.717. The molecule has 1 aromatic heterocycles. The van der Waals surface area contributed by atoms with Gasteiger partial charge in [0.1, 0.15) is 6.54 Å². The number of carboxylic acids is 1. The summed E-state index contributed by atoms with van der Waals surface area (Å²) in [5.74, 6) is -4.68. The number of rotatable bonds is 6. The number of amides is 2. The monoisotopic (exact) mass is 381 g/mol. The fourth-order valence-corrected chi connectivity index (χ4v) is 3.07. The van der Waals surface area contributed by atoms with E-state index >= 15 is 0 Å². The minimum absolute atomic E-state index is 0.0615. The lowest BCUT2D eigenvalue weighted by Gasteiger charge is -2.30. The van der Waals surface area contributed by atoms with Gasteiger partial charge in [-0.05, 0) is 28.8 Å². The SMILES string of the molecule is O=C(O)CNC(=O)C1C(=O)CCN(Cc2ccc(-c3ccncc3)cc2)C1=O. The predicted molar refractivity (Wildman–Crippen MR) is 98.8 cm³/mol. The number of carbonyl (C=O) groups is 4. The van der Waals surface area contributed by atoms with Crippen LogP contribution in [0.5, 0.6) is 0 Å². The van der Waals surface area contributed by atoms with Crippen molar-refractivity contribution in [1.82, 2.24) is 15.2 Å². The van der Waals surface area contributed by atoms with Crippen molar-refractivity contribution in [2.45, 2.75) is 13.0 Å². The number of nitrogens with one attached hydrogen (secondary N) is 1. The van der Waals surface area contributed by atoms with Crippen LogP contribution < -0.4 is 5.32 Å². The Hall–Kier alpha value is -3.55. The number of likely N-dealkylation sites (tertiary alicyclic amines) is 1. The summed E-state index contributed by atoms with van der Waals surface area (Å²) in [6.07, 6.45) is 3.48. The number of pyridine rings is 1. The first-order valence-corrected chi connectivity index (χ1v) is 8.76. The van der Waals surface area contributed by atoms with Gasteiger partial charge in [-0.3, -0.25) is 24.2 Å². The van der Waals surface area contributed by atoms with Gasteiger partial charge in [0.05, 0.1) is 0 Å². The maximum Gasteiger partial charge on any atom is 0.322 e. The number of piperidine rings is 1. The number of aromatic nitrogens is 1. The summed E-state index contributed by atoms with van der Waals surface area (Å²) in [5.41, 5.74) is 2.90. The van der Waals surface area contributed by atoms with E-state index in [2.05, 4.69) is 10.3 Å². The summed E-state index contributed by atoms with van der Waals surface area (Å²) in [4.78, 5) is 52.7. The number of nitrogens with zero attached hydrogens (tertiary/aromatic N) is 2. The van der Waals surface area contributed by atoms with Gasteiger partial charge in [-0.15, -0.1) is 0 Å². The van der Waals surface area contributed by atoms with E-state index in [0.29, 0.717) is 0 Å². The number of carboxylic acid groups (broad SMARTS) is 1. The number of hydrogen-bond donors (Lipinski definition) is 2. The molecule has 1 saturated heterocycles. The lowest BCUT2D eigenvalue weighted by Crippen LogP contribution is -2.52. The molecule has 0 aliphatic carbocycles. The molecule has 1 aliphatic heterocycles. The van der Waals surface area contributed by atoms with Crippen LogP contribution in [0.2, 0.25) is 0 Å². The fraction of sp³-hybridized carbons (Fsp3) is 0.250. The summed E-state index contributed by atoms with van der Waals surface area (Å²) < 4.78 is 0. The molecule has 1 atom stereocenters. The summed E-state index contributed by atoms with van der Waals surface area (Å²) in [5, 5.41) is 10.8. The van der Waals surface area contributed by atoms with Gasteiger partial charge in [-0.25, -0.2) is 0 Å². The van der Waals surface area contributed by atoms with E-state index in [-0.39, 0.29) is 19.5 Å². The summed E-state index contributed by atoms with van der Waals surface area (Å²) >= 11 is 0. The molecular formula is C20H19N3O5. The van der Waals surface area contributed by atoms with Crippen LogP contribution in [0, 0.1) is 5.92 Å². The van der Waals surface area contributed by atoms with Gasteiger partial charge in [0.2, 0.25) is 11.8 Å². The van der Waals surface area contributed by atoms with Crippen LogP contribution in [0.1, 0.15) is 12.0 Å². The zero-order valence-corrected chi connectivity index (χ0v) is 15.0. The number of aliphatic carboxylic acids is 1. The molecule has 1 aromatic carbocycles. The van der Waals surface area contributed by atoms with Gasteiger partial charge in [-0.1, -0.05) is 24.3 Å². The lowest BCUT2D eigenvalue weighted by atomic mass is 9.94. The Morgan fingerprint density at radius 1 is 1.07 bits per heavy atom. The first-order valence-electron chi connectivity index (χ1n) is 8.76. The first kappa shape index (κ1) is 19.2. The normalized spacial score (nSPS) is 16.7. The van der Waals surface area contributed by atoms with Crippen molar-refractivity contribution in [2.24, 2.45) is 5.92 Å². The van der Waals surface area contributed by atoms with E-state index in [1.165, 1.54) is 4.90 Å². The van der Waals surface area contributed by atoms with E-state index in [4.69, 9.17) is 5.11 Å². The van der Waals surface area contributed by atoms with Gasteiger partial charge in [0.25, 0.3) is 0 Å². The van der Waals surface area contributed by atoms with Crippen molar-refractivity contribution in [3.05, 3.63) is 54.4 Å². The van der Waals surface area contributed by atoms with E-state index in [1.54, 1.807) is 12.4 Å². The molecule has 28 heavy (non-hydrogen) atoms. The van der Waals surface area contributed by atoms with Crippen LogP contribution in [0.3, 0.4) is 0 Å². The molecule has 1 aliphatic rings.